The van der Waals surface area contributed by atoms with Gasteiger partial charge in [-0.2, -0.15) is 0 Å². The van der Waals surface area contributed by atoms with E-state index in [1.807, 2.05) is 60.7 Å². The highest BCUT2D eigenvalue weighted by molar-refractivity contribution is 6.03. The number of rotatable bonds is 18. The highest BCUT2D eigenvalue weighted by Gasteiger charge is 2.30. The van der Waals surface area contributed by atoms with Gasteiger partial charge in [0.25, 0.3) is 5.91 Å². The highest BCUT2D eigenvalue weighted by Crippen LogP contribution is 2.43. The van der Waals surface area contributed by atoms with Crippen molar-refractivity contribution >= 4 is 17.3 Å². The largest absolute Gasteiger partial charge is 0.497 e. The van der Waals surface area contributed by atoms with E-state index in [0.717, 1.165) is 53.8 Å². The van der Waals surface area contributed by atoms with Gasteiger partial charge in [0.15, 0.2) is 40.6 Å². The lowest BCUT2D eigenvalue weighted by molar-refractivity contribution is 0.0832. The van der Waals surface area contributed by atoms with Crippen molar-refractivity contribution < 1.29 is 47.5 Å². The number of nitrogens with zero attached hydrogens (tertiary/aromatic N) is 1. The van der Waals surface area contributed by atoms with Crippen LogP contribution in [0.4, 0.5) is 5.69 Å². The van der Waals surface area contributed by atoms with Gasteiger partial charge in [0, 0.05) is 23.2 Å². The molecule has 13 heteroatoms. The number of para-hydroxylation sites is 1. The normalized spacial score (nSPS) is 15.8. The van der Waals surface area contributed by atoms with Crippen LogP contribution in [0.25, 0.3) is 0 Å². The van der Waals surface area contributed by atoms with Crippen LogP contribution in [0.2, 0.25) is 0 Å². The van der Waals surface area contributed by atoms with Crippen molar-refractivity contribution in [1.29, 1.82) is 0 Å². The first kappa shape index (κ1) is 37.8. The summed E-state index contributed by atoms with van der Waals surface area (Å²) in [6.45, 7) is 1.08. The molecule has 4 aromatic rings. The molecule has 0 saturated heterocycles. The number of amides is 1. The molecule has 2 atom stereocenters. The highest BCUT2D eigenvalue weighted by atomic mass is 16.6. The first-order chi connectivity index (χ1) is 26.4. The zero-order valence-corrected chi connectivity index (χ0v) is 31.5. The molecule has 2 unspecified atom stereocenters. The van der Waals surface area contributed by atoms with Crippen molar-refractivity contribution in [3.05, 3.63) is 89.0 Å². The average molecular weight is 742 g/mol. The molecular formula is C41H47N3O10. The van der Waals surface area contributed by atoms with E-state index in [4.69, 9.17) is 42.7 Å². The molecule has 0 aromatic heterocycles. The van der Waals surface area contributed by atoms with Crippen LogP contribution in [0, 0.1) is 0 Å². The Morgan fingerprint density at radius 2 is 1.37 bits per heavy atom. The Hall–Kier alpha value is -5.98. The first-order valence-electron chi connectivity index (χ1n) is 17.8. The number of hydrogen-bond acceptors (Lipinski definition) is 12. The van der Waals surface area contributed by atoms with E-state index < -0.39 is 6.17 Å². The Labute approximate surface area is 315 Å². The number of hydrogen-bond donors (Lipinski definition) is 2. The topological polar surface area (TPSA) is 137 Å². The van der Waals surface area contributed by atoms with Gasteiger partial charge in [-0.25, -0.2) is 0 Å². The van der Waals surface area contributed by atoms with Crippen LogP contribution in [-0.4, -0.2) is 67.5 Å². The Balaban J connectivity index is 0.951. The Morgan fingerprint density at radius 3 is 2.04 bits per heavy atom. The summed E-state index contributed by atoms with van der Waals surface area (Å²) < 4.78 is 45.4. The molecule has 0 radical (unpaired) electrons. The Kier molecular flexibility index (Phi) is 12.4. The molecule has 13 nitrogen and oxygen atoms in total. The van der Waals surface area contributed by atoms with Crippen LogP contribution in [0.1, 0.15) is 71.4 Å². The SMILES string of the molecule is COc1ccc2c(c1)C(=O)NC(c1ccc(OCCCCCCOc3cccc(C4CC(c5cc(OC)c(OC)c(OC)c5)=NO4)c3OC)c(OC)c1)N2. The second-order valence-corrected chi connectivity index (χ2v) is 12.6. The van der Waals surface area contributed by atoms with Gasteiger partial charge in [-0.1, -0.05) is 23.4 Å². The number of carbonyl (C=O) groups excluding carboxylic acids is 1. The summed E-state index contributed by atoms with van der Waals surface area (Å²) >= 11 is 0. The molecule has 6 rings (SSSR count). The molecule has 4 aromatic carbocycles. The second-order valence-electron chi connectivity index (χ2n) is 12.6. The zero-order valence-electron chi connectivity index (χ0n) is 31.5. The van der Waals surface area contributed by atoms with E-state index in [0.29, 0.717) is 71.2 Å². The Bertz CT molecular complexity index is 1940. The standard InChI is InChI=1S/C41H47N3O10/c1-46-27-15-16-30-29(23-27)41(45)43-40(42-30)25-14-17-32(35(20-25)47-2)52-18-9-7-8-10-19-53-33-13-11-12-28(38(33)50-5)34-24-31(44-54-34)26-21-36(48-3)39(51-6)37(22-26)49-4/h11-17,20-23,34,40,42H,7-10,18-19,24H2,1-6H3,(H,43,45). The molecular weight excluding hydrogens is 694 g/mol. The molecule has 0 aliphatic carbocycles. The third-order valence-corrected chi connectivity index (χ3v) is 9.35. The molecule has 0 saturated carbocycles. The van der Waals surface area contributed by atoms with Crippen molar-refractivity contribution in [1.82, 2.24) is 5.32 Å². The molecule has 2 aliphatic heterocycles. The van der Waals surface area contributed by atoms with Crippen molar-refractivity contribution in [2.75, 3.05) is 61.2 Å². The number of unbranched alkanes of at least 4 members (excludes halogenated alkanes) is 3. The van der Waals surface area contributed by atoms with Gasteiger partial charge in [-0.05, 0) is 79.8 Å². The summed E-state index contributed by atoms with van der Waals surface area (Å²) in [7, 11) is 9.55. The number of anilines is 1. The van der Waals surface area contributed by atoms with Crippen LogP contribution in [-0.2, 0) is 4.84 Å². The molecule has 54 heavy (non-hydrogen) atoms. The molecule has 2 heterocycles. The van der Waals surface area contributed by atoms with E-state index in [-0.39, 0.29) is 12.0 Å². The lowest BCUT2D eigenvalue weighted by Gasteiger charge is -2.28. The minimum atomic E-state index is -0.413. The molecule has 0 fully saturated rings. The fourth-order valence-corrected chi connectivity index (χ4v) is 6.52. The maximum absolute atomic E-state index is 12.8. The monoisotopic (exact) mass is 741 g/mol. The van der Waals surface area contributed by atoms with Gasteiger partial charge < -0.3 is 53.4 Å². The van der Waals surface area contributed by atoms with Crippen LogP contribution in [0.15, 0.2) is 71.9 Å². The molecule has 1 amide bonds. The average Bonchev–Trinajstić information content (AvgIpc) is 3.71. The van der Waals surface area contributed by atoms with Crippen molar-refractivity contribution in [3.8, 4) is 46.0 Å². The van der Waals surface area contributed by atoms with E-state index in [1.54, 1.807) is 48.7 Å². The van der Waals surface area contributed by atoms with Crippen molar-refractivity contribution in [2.45, 2.75) is 44.4 Å². The van der Waals surface area contributed by atoms with E-state index >= 15 is 0 Å². The van der Waals surface area contributed by atoms with Gasteiger partial charge in [0.05, 0.1) is 67.1 Å². The number of nitrogens with one attached hydrogen (secondary N) is 2. The summed E-state index contributed by atoms with van der Waals surface area (Å²) in [5.41, 5.74) is 4.55. The Morgan fingerprint density at radius 1 is 0.667 bits per heavy atom. The smallest absolute Gasteiger partial charge is 0.255 e. The van der Waals surface area contributed by atoms with Crippen LogP contribution in [0.5, 0.6) is 46.0 Å². The number of fused-ring (bicyclic) bond motifs is 1. The third-order valence-electron chi connectivity index (χ3n) is 9.35. The maximum atomic E-state index is 12.8. The van der Waals surface area contributed by atoms with Gasteiger partial charge >= 0.3 is 0 Å². The van der Waals surface area contributed by atoms with Gasteiger partial charge in [0.1, 0.15) is 11.9 Å². The summed E-state index contributed by atoms with van der Waals surface area (Å²) in [5, 5.41) is 10.7. The number of oxime groups is 1. The van der Waals surface area contributed by atoms with E-state index in [2.05, 4.69) is 15.8 Å². The maximum Gasteiger partial charge on any atom is 0.255 e. The van der Waals surface area contributed by atoms with E-state index in [9.17, 15) is 4.79 Å². The number of ether oxygens (including phenoxy) is 8. The second kappa shape index (κ2) is 17.7. The summed E-state index contributed by atoms with van der Waals surface area (Å²) in [6, 6.07) is 20.6. The molecule has 0 spiro atoms. The van der Waals surface area contributed by atoms with E-state index in [1.165, 1.54) is 0 Å². The van der Waals surface area contributed by atoms with Crippen LogP contribution >= 0.6 is 0 Å². The van der Waals surface area contributed by atoms with Gasteiger partial charge in [-0.3, -0.25) is 4.79 Å². The first-order valence-corrected chi connectivity index (χ1v) is 17.8. The predicted molar refractivity (Wildman–Crippen MR) is 203 cm³/mol. The van der Waals surface area contributed by atoms with Gasteiger partial charge in [0.2, 0.25) is 5.75 Å². The fraction of sp³-hybridized carbons (Fsp3) is 0.366. The quantitative estimate of drug-likeness (QED) is 0.0983. The lowest BCUT2D eigenvalue weighted by Crippen LogP contribution is -2.38. The number of benzene rings is 4. The van der Waals surface area contributed by atoms with Crippen LogP contribution in [0.3, 0.4) is 0 Å². The molecule has 2 N–H and O–H groups in total. The van der Waals surface area contributed by atoms with Gasteiger partial charge in [-0.15, -0.1) is 0 Å². The minimum absolute atomic E-state index is 0.178. The number of methoxy groups -OCH3 is 6. The third kappa shape index (κ3) is 8.30. The van der Waals surface area contributed by atoms with Crippen LogP contribution < -0.4 is 48.5 Å². The lowest BCUT2D eigenvalue weighted by atomic mass is 9.98. The fourth-order valence-electron chi connectivity index (χ4n) is 6.52. The molecule has 0 bridgehead atoms. The minimum Gasteiger partial charge on any atom is -0.497 e. The molecule has 286 valence electrons. The zero-order chi connectivity index (χ0) is 38.0. The predicted octanol–water partition coefficient (Wildman–Crippen LogP) is 7.48. The summed E-state index contributed by atoms with van der Waals surface area (Å²) in [6.07, 6.45) is 3.45. The van der Waals surface area contributed by atoms with Crippen molar-refractivity contribution in [3.63, 3.8) is 0 Å². The summed E-state index contributed by atoms with van der Waals surface area (Å²) in [5.74, 6) is 4.59. The number of carbonyl (C=O) groups is 1. The van der Waals surface area contributed by atoms with Crippen molar-refractivity contribution in [2.24, 2.45) is 5.16 Å². The molecule has 2 aliphatic rings. The summed E-state index contributed by atoms with van der Waals surface area (Å²) in [4.78, 5) is 18.7.